The quantitative estimate of drug-likeness (QED) is 0.793. The predicted octanol–water partition coefficient (Wildman–Crippen LogP) is 4.59. The summed E-state index contributed by atoms with van der Waals surface area (Å²) in [7, 11) is 0. The minimum atomic E-state index is -0.904. The maximum atomic E-state index is 11.5. The van der Waals surface area contributed by atoms with E-state index < -0.39 is 5.97 Å². The lowest BCUT2D eigenvalue weighted by atomic mass is 10.1. The highest BCUT2D eigenvalue weighted by atomic mass is 32.2. The maximum absolute atomic E-state index is 11.5. The number of rotatable bonds is 5. The first kappa shape index (κ1) is 15.4. The number of hydrogen-bond donors (Lipinski definition) is 2. The van der Waals surface area contributed by atoms with E-state index in [4.69, 9.17) is 0 Å². The summed E-state index contributed by atoms with van der Waals surface area (Å²) in [4.78, 5) is 12.3. The molecule has 0 aliphatic heterocycles. The smallest absolute Gasteiger partial charge is 0.338 e. The molecule has 0 amide bonds. The predicted molar refractivity (Wildman–Crippen MR) is 88.4 cm³/mol. The van der Waals surface area contributed by atoms with Crippen molar-refractivity contribution in [2.45, 2.75) is 24.8 Å². The normalized spacial score (nSPS) is 12.0. The van der Waals surface area contributed by atoms with E-state index in [2.05, 4.69) is 29.6 Å². The van der Waals surface area contributed by atoms with Crippen molar-refractivity contribution in [1.29, 1.82) is 0 Å². The monoisotopic (exact) mass is 301 g/mol. The molecule has 0 heterocycles. The van der Waals surface area contributed by atoms with E-state index in [0.29, 0.717) is 11.3 Å². The molecule has 21 heavy (non-hydrogen) atoms. The average Bonchev–Trinajstić information content (AvgIpc) is 2.47. The van der Waals surface area contributed by atoms with Crippen molar-refractivity contribution in [3.8, 4) is 0 Å². The zero-order valence-corrected chi connectivity index (χ0v) is 13.2. The molecule has 110 valence electrons. The second kappa shape index (κ2) is 6.68. The molecule has 0 aliphatic rings. The summed E-state index contributed by atoms with van der Waals surface area (Å²) in [6.07, 6.45) is 1.88. The first-order valence-corrected chi connectivity index (χ1v) is 7.98. The van der Waals surface area contributed by atoms with Gasteiger partial charge >= 0.3 is 5.97 Å². The molecule has 2 rings (SSSR count). The molecule has 1 unspecified atom stereocenters. The highest BCUT2D eigenvalue weighted by Crippen LogP contribution is 2.29. The van der Waals surface area contributed by atoms with Crippen molar-refractivity contribution >= 4 is 23.4 Å². The SMILES string of the molecule is CSc1cccc(NC(C)c2ccc(C)cc2)c1C(=O)O. The molecule has 2 aromatic carbocycles. The van der Waals surface area contributed by atoms with Crippen molar-refractivity contribution in [1.82, 2.24) is 0 Å². The number of aryl methyl sites for hydroxylation is 1. The Hall–Kier alpha value is -1.94. The van der Waals surface area contributed by atoms with Gasteiger partial charge in [0.15, 0.2) is 0 Å². The van der Waals surface area contributed by atoms with Crippen LogP contribution in [0.5, 0.6) is 0 Å². The number of anilines is 1. The van der Waals surface area contributed by atoms with Gasteiger partial charge in [-0.05, 0) is 37.8 Å². The molecule has 0 aliphatic carbocycles. The van der Waals surface area contributed by atoms with Crippen LogP contribution in [0.25, 0.3) is 0 Å². The van der Waals surface area contributed by atoms with Gasteiger partial charge in [-0.2, -0.15) is 0 Å². The van der Waals surface area contributed by atoms with E-state index in [1.165, 1.54) is 17.3 Å². The van der Waals surface area contributed by atoms with Crippen LogP contribution in [-0.4, -0.2) is 17.3 Å². The van der Waals surface area contributed by atoms with Crippen LogP contribution < -0.4 is 5.32 Å². The third-order valence-corrected chi connectivity index (χ3v) is 4.19. The molecule has 0 radical (unpaired) electrons. The Bertz CT molecular complexity index is 638. The van der Waals surface area contributed by atoms with Gasteiger partial charge in [0.05, 0.1) is 11.3 Å². The topological polar surface area (TPSA) is 49.3 Å². The van der Waals surface area contributed by atoms with Gasteiger partial charge in [0, 0.05) is 10.9 Å². The minimum absolute atomic E-state index is 0.0424. The average molecular weight is 301 g/mol. The molecule has 2 aromatic rings. The fourth-order valence-corrected chi connectivity index (χ4v) is 2.83. The van der Waals surface area contributed by atoms with Gasteiger partial charge < -0.3 is 10.4 Å². The first-order chi connectivity index (χ1) is 10.0. The van der Waals surface area contributed by atoms with Gasteiger partial charge in [-0.25, -0.2) is 4.79 Å². The third kappa shape index (κ3) is 3.58. The van der Waals surface area contributed by atoms with Gasteiger partial charge in [-0.3, -0.25) is 0 Å². The highest BCUT2D eigenvalue weighted by molar-refractivity contribution is 7.98. The molecular weight excluding hydrogens is 282 g/mol. The fourth-order valence-electron chi connectivity index (χ4n) is 2.21. The second-order valence-electron chi connectivity index (χ2n) is 4.96. The Morgan fingerprint density at radius 3 is 2.43 bits per heavy atom. The van der Waals surface area contributed by atoms with E-state index in [1.807, 2.05) is 38.3 Å². The Kier molecular flexibility index (Phi) is 4.91. The van der Waals surface area contributed by atoms with E-state index in [0.717, 1.165) is 10.5 Å². The first-order valence-electron chi connectivity index (χ1n) is 6.76. The molecule has 0 aromatic heterocycles. The molecule has 0 fully saturated rings. The van der Waals surface area contributed by atoms with Gasteiger partial charge in [-0.1, -0.05) is 35.9 Å². The van der Waals surface area contributed by atoms with Crippen molar-refractivity contribution < 1.29 is 9.90 Å². The summed E-state index contributed by atoms with van der Waals surface area (Å²) in [6.45, 7) is 4.08. The number of thioether (sulfide) groups is 1. The number of aromatic carboxylic acids is 1. The Morgan fingerprint density at radius 2 is 1.86 bits per heavy atom. The Balaban J connectivity index is 2.30. The molecule has 0 spiro atoms. The van der Waals surface area contributed by atoms with Gasteiger partial charge in [0.25, 0.3) is 0 Å². The number of carboxylic acid groups (broad SMARTS) is 1. The molecule has 0 saturated carbocycles. The van der Waals surface area contributed by atoms with E-state index >= 15 is 0 Å². The second-order valence-corrected chi connectivity index (χ2v) is 5.81. The van der Waals surface area contributed by atoms with Gasteiger partial charge in [0.2, 0.25) is 0 Å². The van der Waals surface area contributed by atoms with Crippen molar-refractivity contribution in [2.75, 3.05) is 11.6 Å². The molecule has 2 N–H and O–H groups in total. The lowest BCUT2D eigenvalue weighted by molar-refractivity contribution is 0.0694. The number of nitrogens with one attached hydrogen (secondary N) is 1. The zero-order chi connectivity index (χ0) is 15.4. The van der Waals surface area contributed by atoms with E-state index in [-0.39, 0.29) is 6.04 Å². The van der Waals surface area contributed by atoms with Crippen LogP contribution in [0.1, 0.15) is 34.5 Å². The van der Waals surface area contributed by atoms with E-state index in [9.17, 15) is 9.90 Å². The van der Waals surface area contributed by atoms with Gasteiger partial charge in [0.1, 0.15) is 0 Å². The Morgan fingerprint density at radius 1 is 1.19 bits per heavy atom. The zero-order valence-electron chi connectivity index (χ0n) is 12.4. The summed E-state index contributed by atoms with van der Waals surface area (Å²) in [5.41, 5.74) is 3.33. The fraction of sp³-hybridized carbons (Fsp3) is 0.235. The standard InChI is InChI=1S/C17H19NO2S/c1-11-7-9-13(10-8-11)12(2)18-14-5-4-6-15(21-3)16(14)17(19)20/h4-10,12,18H,1-3H3,(H,19,20). The number of hydrogen-bond acceptors (Lipinski definition) is 3. The molecule has 3 nitrogen and oxygen atoms in total. The van der Waals surface area contributed by atoms with Crippen LogP contribution in [0.15, 0.2) is 47.4 Å². The highest BCUT2D eigenvalue weighted by Gasteiger charge is 2.16. The lowest BCUT2D eigenvalue weighted by Gasteiger charge is -2.18. The summed E-state index contributed by atoms with van der Waals surface area (Å²) in [6, 6.07) is 13.8. The molecule has 0 saturated heterocycles. The number of carboxylic acids is 1. The van der Waals surface area contributed by atoms with Crippen LogP contribution in [0.4, 0.5) is 5.69 Å². The molecule has 1 atom stereocenters. The minimum Gasteiger partial charge on any atom is -0.478 e. The summed E-state index contributed by atoms with van der Waals surface area (Å²) in [5.74, 6) is -0.904. The summed E-state index contributed by atoms with van der Waals surface area (Å²) < 4.78 is 0. The van der Waals surface area contributed by atoms with Crippen LogP contribution in [0, 0.1) is 6.92 Å². The number of carbonyl (C=O) groups is 1. The number of benzene rings is 2. The van der Waals surface area contributed by atoms with E-state index in [1.54, 1.807) is 0 Å². The van der Waals surface area contributed by atoms with Crippen LogP contribution >= 0.6 is 11.8 Å². The molecular formula is C17H19NO2S. The van der Waals surface area contributed by atoms with Crippen molar-refractivity contribution in [3.05, 3.63) is 59.2 Å². The molecule has 0 bridgehead atoms. The summed E-state index contributed by atoms with van der Waals surface area (Å²) in [5, 5.41) is 12.8. The van der Waals surface area contributed by atoms with Crippen LogP contribution in [0.3, 0.4) is 0 Å². The largest absolute Gasteiger partial charge is 0.478 e. The summed E-state index contributed by atoms with van der Waals surface area (Å²) >= 11 is 1.44. The molecule has 4 heteroatoms. The van der Waals surface area contributed by atoms with Crippen LogP contribution in [-0.2, 0) is 0 Å². The Labute approximate surface area is 129 Å². The van der Waals surface area contributed by atoms with Gasteiger partial charge in [-0.15, -0.1) is 11.8 Å². The third-order valence-electron chi connectivity index (χ3n) is 3.41. The lowest BCUT2D eigenvalue weighted by Crippen LogP contribution is -2.11. The van der Waals surface area contributed by atoms with Crippen molar-refractivity contribution in [3.63, 3.8) is 0 Å². The maximum Gasteiger partial charge on any atom is 0.338 e. The van der Waals surface area contributed by atoms with Crippen molar-refractivity contribution in [2.24, 2.45) is 0 Å². The van der Waals surface area contributed by atoms with Crippen LogP contribution in [0.2, 0.25) is 0 Å².